The highest BCUT2D eigenvalue weighted by Crippen LogP contribution is 2.01. The van der Waals surface area contributed by atoms with Gasteiger partial charge in [-0.05, 0) is 33.1 Å². The Morgan fingerprint density at radius 1 is 0.929 bits per heavy atom. The van der Waals surface area contributed by atoms with Crippen LogP contribution in [0.5, 0.6) is 0 Å². The molecule has 0 radical (unpaired) electrons. The molecule has 0 saturated carbocycles. The van der Waals surface area contributed by atoms with Crippen molar-refractivity contribution in [2.24, 2.45) is 11.5 Å². The van der Waals surface area contributed by atoms with Gasteiger partial charge in [-0.25, -0.2) is 0 Å². The number of nitrogens with two attached hydrogens (primary N) is 2. The van der Waals surface area contributed by atoms with E-state index in [0.717, 1.165) is 12.8 Å². The van der Waals surface area contributed by atoms with Crippen LogP contribution in [0.25, 0.3) is 0 Å². The van der Waals surface area contributed by atoms with Crippen molar-refractivity contribution >= 4 is 23.6 Å². The molecule has 0 unspecified atom stereocenters. The van der Waals surface area contributed by atoms with E-state index in [2.05, 4.69) is 27.8 Å². The van der Waals surface area contributed by atoms with Gasteiger partial charge in [0.05, 0.1) is 5.82 Å². The molecule has 8 N–H and O–H groups in total. The van der Waals surface area contributed by atoms with E-state index in [9.17, 15) is 19.2 Å². The van der Waals surface area contributed by atoms with Crippen LogP contribution in [0.2, 0.25) is 0 Å². The van der Waals surface area contributed by atoms with E-state index in [1.807, 2.05) is 6.92 Å². The first-order valence-electron chi connectivity index (χ1n) is 9.46. The van der Waals surface area contributed by atoms with Crippen LogP contribution in [0.1, 0.15) is 52.9 Å². The largest absolute Gasteiger partial charge is 0.386 e. The van der Waals surface area contributed by atoms with E-state index in [4.69, 9.17) is 11.5 Å². The Kier molecular flexibility index (Phi) is 12.1. The van der Waals surface area contributed by atoms with Crippen LogP contribution in [-0.2, 0) is 19.2 Å². The van der Waals surface area contributed by atoms with Crippen LogP contribution >= 0.6 is 0 Å². The van der Waals surface area contributed by atoms with Gasteiger partial charge in [-0.1, -0.05) is 19.9 Å². The highest BCUT2D eigenvalue weighted by atomic mass is 16.2. The first kappa shape index (κ1) is 25.2. The fourth-order valence-electron chi connectivity index (χ4n) is 2.22. The number of carbonyl (C=O) groups is 4. The van der Waals surface area contributed by atoms with Gasteiger partial charge in [-0.3, -0.25) is 19.2 Å². The molecule has 160 valence electrons. The lowest BCUT2D eigenvalue weighted by Gasteiger charge is -2.22. The van der Waals surface area contributed by atoms with Crippen molar-refractivity contribution in [2.45, 2.75) is 71.0 Å². The second kappa shape index (κ2) is 13.4. The Morgan fingerprint density at radius 3 is 2.11 bits per heavy atom. The molecule has 4 amide bonds. The Balaban J connectivity index is 4.84. The van der Waals surface area contributed by atoms with Gasteiger partial charge >= 0.3 is 0 Å². The minimum absolute atomic E-state index is 0.224. The summed E-state index contributed by atoms with van der Waals surface area (Å²) in [5.41, 5.74) is 10.6. The van der Waals surface area contributed by atoms with Gasteiger partial charge in [0.15, 0.2) is 0 Å². The molecule has 0 fully saturated rings. The molecular weight excluding hydrogens is 364 g/mol. The number of amides is 4. The predicted octanol–water partition coefficient (Wildman–Crippen LogP) is -1.04. The van der Waals surface area contributed by atoms with E-state index < -0.39 is 35.8 Å². The summed E-state index contributed by atoms with van der Waals surface area (Å²) in [6.07, 6.45) is 2.74. The van der Waals surface area contributed by atoms with Gasteiger partial charge in [0.1, 0.15) is 18.1 Å². The number of primary amides is 1. The van der Waals surface area contributed by atoms with Crippen LogP contribution in [-0.4, -0.2) is 48.3 Å². The molecule has 3 atom stereocenters. The number of unbranched alkanes of at least 4 members (excludes halogenated alkanes) is 1. The van der Waals surface area contributed by atoms with Crippen molar-refractivity contribution in [1.29, 1.82) is 0 Å². The fourth-order valence-corrected chi connectivity index (χ4v) is 2.22. The normalized spacial score (nSPS) is 13.5. The Labute approximate surface area is 166 Å². The van der Waals surface area contributed by atoms with E-state index in [1.165, 1.54) is 6.92 Å². The third-order valence-corrected chi connectivity index (χ3v) is 3.97. The van der Waals surface area contributed by atoms with Crippen LogP contribution in [0.3, 0.4) is 0 Å². The lowest BCUT2D eigenvalue weighted by atomic mass is 10.1. The van der Waals surface area contributed by atoms with E-state index in [0.29, 0.717) is 31.6 Å². The zero-order valence-corrected chi connectivity index (χ0v) is 17.0. The topological polar surface area (TPSA) is 168 Å². The van der Waals surface area contributed by atoms with Crippen LogP contribution in [0.15, 0.2) is 12.4 Å². The average Bonchev–Trinajstić information content (AvgIpc) is 2.61. The minimum Gasteiger partial charge on any atom is -0.386 e. The summed E-state index contributed by atoms with van der Waals surface area (Å²) in [4.78, 5) is 47.8. The van der Waals surface area contributed by atoms with Gasteiger partial charge in [0.25, 0.3) is 0 Å². The quantitative estimate of drug-likeness (QED) is 0.204. The average molecular weight is 399 g/mol. The van der Waals surface area contributed by atoms with Crippen molar-refractivity contribution in [2.75, 3.05) is 6.54 Å². The SMILES string of the molecule is C=C(N)NCCC[C@H](NC(=O)[C@H](C)NC(=O)CCCC)C(=O)N[C@@H](C)C(N)=O. The first-order valence-corrected chi connectivity index (χ1v) is 9.46. The Hall–Kier alpha value is -2.78. The highest BCUT2D eigenvalue weighted by molar-refractivity contribution is 5.93. The van der Waals surface area contributed by atoms with Crippen molar-refractivity contribution in [3.05, 3.63) is 12.4 Å². The molecule has 0 rings (SSSR count). The number of rotatable bonds is 14. The van der Waals surface area contributed by atoms with Crippen molar-refractivity contribution in [3.63, 3.8) is 0 Å². The molecule has 10 heteroatoms. The maximum atomic E-state index is 12.4. The molecular formula is C18H34N6O4. The summed E-state index contributed by atoms with van der Waals surface area (Å²) < 4.78 is 0. The molecule has 0 saturated heterocycles. The lowest BCUT2D eigenvalue weighted by Crippen LogP contribution is -2.55. The summed E-state index contributed by atoms with van der Waals surface area (Å²) >= 11 is 0. The third-order valence-electron chi connectivity index (χ3n) is 3.97. The molecule has 0 aliphatic rings. The van der Waals surface area contributed by atoms with E-state index in [-0.39, 0.29) is 5.91 Å². The number of carbonyl (C=O) groups excluding carboxylic acids is 4. The highest BCUT2D eigenvalue weighted by Gasteiger charge is 2.25. The van der Waals surface area contributed by atoms with Crippen LogP contribution in [0.4, 0.5) is 0 Å². The standard InChI is InChI=1S/C18H34N6O4/c1-5-6-9-15(25)22-12(3)17(27)24-14(8-7-10-21-13(4)19)18(28)23-11(2)16(20)26/h11-12,14,21H,4-10,19H2,1-3H3,(H2,20,26)(H,22,25)(H,23,28)(H,24,27)/t11-,12-,14-/m0/s1. The monoisotopic (exact) mass is 398 g/mol. The lowest BCUT2D eigenvalue weighted by molar-refractivity contribution is -0.133. The van der Waals surface area contributed by atoms with Gasteiger partial charge in [0.2, 0.25) is 23.6 Å². The number of hydrogen-bond acceptors (Lipinski definition) is 6. The fraction of sp³-hybridized carbons (Fsp3) is 0.667. The molecule has 0 aliphatic carbocycles. The van der Waals surface area contributed by atoms with Crippen LogP contribution < -0.4 is 32.7 Å². The minimum atomic E-state index is -0.892. The zero-order valence-electron chi connectivity index (χ0n) is 17.0. The Morgan fingerprint density at radius 2 is 1.57 bits per heavy atom. The summed E-state index contributed by atoms with van der Waals surface area (Å²) in [5, 5.41) is 10.5. The molecule has 0 aromatic heterocycles. The molecule has 0 aromatic carbocycles. The van der Waals surface area contributed by atoms with E-state index in [1.54, 1.807) is 6.92 Å². The smallest absolute Gasteiger partial charge is 0.243 e. The predicted molar refractivity (Wildman–Crippen MR) is 106 cm³/mol. The maximum Gasteiger partial charge on any atom is 0.243 e. The molecule has 0 spiro atoms. The second-order valence-electron chi connectivity index (χ2n) is 6.68. The summed E-state index contributed by atoms with van der Waals surface area (Å²) in [6.45, 7) is 8.94. The first-order chi connectivity index (χ1) is 13.1. The van der Waals surface area contributed by atoms with Crippen molar-refractivity contribution < 1.29 is 19.2 Å². The second-order valence-corrected chi connectivity index (χ2v) is 6.68. The molecule has 0 bridgehead atoms. The molecule has 0 aliphatic heterocycles. The molecule has 28 heavy (non-hydrogen) atoms. The van der Waals surface area contributed by atoms with Crippen LogP contribution in [0, 0.1) is 0 Å². The summed E-state index contributed by atoms with van der Waals surface area (Å²) in [6, 6.07) is -2.56. The van der Waals surface area contributed by atoms with Gasteiger partial charge in [-0.2, -0.15) is 0 Å². The Bertz CT molecular complexity index is 566. The third kappa shape index (κ3) is 11.0. The number of nitrogens with one attached hydrogen (secondary N) is 4. The molecule has 10 nitrogen and oxygen atoms in total. The van der Waals surface area contributed by atoms with Gasteiger partial charge in [0, 0.05) is 13.0 Å². The maximum absolute atomic E-state index is 12.4. The number of hydrogen-bond donors (Lipinski definition) is 6. The summed E-state index contributed by atoms with van der Waals surface area (Å²) in [7, 11) is 0. The summed E-state index contributed by atoms with van der Waals surface area (Å²) in [5.74, 6) is -1.63. The van der Waals surface area contributed by atoms with Gasteiger partial charge in [-0.15, -0.1) is 0 Å². The van der Waals surface area contributed by atoms with Crippen molar-refractivity contribution in [1.82, 2.24) is 21.3 Å². The molecule has 0 aromatic rings. The van der Waals surface area contributed by atoms with Gasteiger partial charge < -0.3 is 32.7 Å². The zero-order chi connectivity index (χ0) is 21.7. The van der Waals surface area contributed by atoms with E-state index >= 15 is 0 Å². The molecule has 0 heterocycles. The van der Waals surface area contributed by atoms with Crippen molar-refractivity contribution in [3.8, 4) is 0 Å².